The summed E-state index contributed by atoms with van der Waals surface area (Å²) in [6.45, 7) is 4.10. The van der Waals surface area contributed by atoms with Crippen LogP contribution < -0.4 is 9.47 Å². The van der Waals surface area contributed by atoms with Crippen LogP contribution in [0.3, 0.4) is 0 Å². The van der Waals surface area contributed by atoms with E-state index in [0.717, 1.165) is 43.3 Å². The first-order valence-corrected chi connectivity index (χ1v) is 11.8. The minimum atomic E-state index is 0.0802. The molecule has 0 radical (unpaired) electrons. The zero-order chi connectivity index (χ0) is 22.2. The lowest BCUT2D eigenvalue weighted by atomic mass is 9.94. The maximum atomic E-state index is 12.7. The van der Waals surface area contributed by atoms with Gasteiger partial charge in [-0.2, -0.15) is 0 Å². The topological polar surface area (TPSA) is 42.0 Å². The quantitative estimate of drug-likeness (QED) is 0.589. The number of piperazine rings is 1. The first-order chi connectivity index (χ1) is 15.7. The molecule has 4 rings (SSSR count). The average molecular weight is 435 g/mol. The third-order valence-electron chi connectivity index (χ3n) is 6.56. The number of carbonyl (C=O) groups is 1. The maximum Gasteiger partial charge on any atom is 0.246 e. The highest BCUT2D eigenvalue weighted by Gasteiger charge is 2.26. The summed E-state index contributed by atoms with van der Waals surface area (Å²) in [7, 11) is 1.63. The number of hydrogen-bond donors (Lipinski definition) is 0. The van der Waals surface area contributed by atoms with Crippen molar-refractivity contribution in [1.82, 2.24) is 9.80 Å². The zero-order valence-corrected chi connectivity index (χ0v) is 19.0. The van der Waals surface area contributed by atoms with Gasteiger partial charge in [0.05, 0.1) is 7.11 Å². The van der Waals surface area contributed by atoms with E-state index in [1.807, 2.05) is 59.5 Å². The van der Waals surface area contributed by atoms with Crippen LogP contribution in [0.5, 0.6) is 11.5 Å². The first-order valence-electron chi connectivity index (χ1n) is 11.8. The molecule has 1 saturated heterocycles. The fourth-order valence-corrected chi connectivity index (χ4v) is 4.67. The SMILES string of the molecule is COc1cc(/C=C\C(=O)N2CCN(C3CCCCC3)CC2)ccc1OCc1ccccc1. The van der Waals surface area contributed by atoms with Crippen molar-refractivity contribution < 1.29 is 14.3 Å². The van der Waals surface area contributed by atoms with Crippen molar-refractivity contribution in [2.24, 2.45) is 0 Å². The molecule has 32 heavy (non-hydrogen) atoms. The summed E-state index contributed by atoms with van der Waals surface area (Å²) in [5, 5.41) is 0. The minimum Gasteiger partial charge on any atom is -0.493 e. The molecular weight excluding hydrogens is 400 g/mol. The predicted molar refractivity (Wildman–Crippen MR) is 128 cm³/mol. The molecule has 0 bridgehead atoms. The molecule has 2 aromatic rings. The summed E-state index contributed by atoms with van der Waals surface area (Å²) in [6, 6.07) is 16.5. The highest BCUT2D eigenvalue weighted by molar-refractivity contribution is 5.92. The molecule has 1 aliphatic heterocycles. The van der Waals surface area contributed by atoms with Crippen LogP contribution in [0.1, 0.15) is 43.2 Å². The highest BCUT2D eigenvalue weighted by Crippen LogP contribution is 2.29. The molecule has 2 aromatic carbocycles. The zero-order valence-electron chi connectivity index (χ0n) is 19.0. The van der Waals surface area contributed by atoms with Crippen LogP contribution >= 0.6 is 0 Å². The second kappa shape index (κ2) is 11.2. The van der Waals surface area contributed by atoms with Gasteiger partial charge in [0.2, 0.25) is 5.91 Å². The number of amides is 1. The molecule has 1 amide bonds. The first kappa shape index (κ1) is 22.4. The van der Waals surface area contributed by atoms with E-state index in [4.69, 9.17) is 9.47 Å². The Kier molecular flexibility index (Phi) is 7.83. The van der Waals surface area contributed by atoms with Crippen molar-refractivity contribution in [2.45, 2.75) is 44.8 Å². The summed E-state index contributed by atoms with van der Waals surface area (Å²) >= 11 is 0. The molecular formula is C27H34N2O3. The molecule has 0 N–H and O–H groups in total. The number of nitrogens with zero attached hydrogens (tertiary/aromatic N) is 2. The van der Waals surface area contributed by atoms with E-state index in [9.17, 15) is 4.79 Å². The molecule has 1 aliphatic carbocycles. The Labute approximate surface area is 191 Å². The van der Waals surface area contributed by atoms with Crippen molar-refractivity contribution >= 4 is 12.0 Å². The fraction of sp³-hybridized carbons (Fsp3) is 0.444. The lowest BCUT2D eigenvalue weighted by molar-refractivity contribution is -0.128. The number of methoxy groups -OCH3 is 1. The van der Waals surface area contributed by atoms with Gasteiger partial charge in [-0.1, -0.05) is 55.7 Å². The summed E-state index contributed by atoms with van der Waals surface area (Å²) in [5.74, 6) is 1.44. The van der Waals surface area contributed by atoms with Gasteiger partial charge in [-0.05, 0) is 42.2 Å². The second-order valence-electron chi connectivity index (χ2n) is 8.67. The standard InChI is InChI=1S/C27H34N2O3/c1-31-26-20-22(12-14-25(26)32-21-23-8-4-2-5-9-23)13-15-27(30)29-18-16-28(17-19-29)24-10-6-3-7-11-24/h2,4-5,8-9,12-15,20,24H,3,6-7,10-11,16-19,21H2,1H3/b15-13-. The van der Waals surface area contributed by atoms with E-state index in [-0.39, 0.29) is 5.91 Å². The number of benzene rings is 2. The van der Waals surface area contributed by atoms with Crippen molar-refractivity contribution in [3.05, 3.63) is 65.7 Å². The molecule has 5 heteroatoms. The Hall–Kier alpha value is -2.79. The molecule has 0 atom stereocenters. The van der Waals surface area contributed by atoms with E-state index in [1.165, 1.54) is 32.1 Å². The Balaban J connectivity index is 1.30. The van der Waals surface area contributed by atoms with Crippen LogP contribution in [0.4, 0.5) is 0 Å². The Morgan fingerprint density at radius 2 is 1.72 bits per heavy atom. The van der Waals surface area contributed by atoms with E-state index in [1.54, 1.807) is 13.2 Å². The van der Waals surface area contributed by atoms with Crippen LogP contribution in [0.25, 0.3) is 6.08 Å². The lowest BCUT2D eigenvalue weighted by Gasteiger charge is -2.40. The molecule has 0 unspecified atom stereocenters. The summed E-state index contributed by atoms with van der Waals surface area (Å²) in [4.78, 5) is 17.3. The third kappa shape index (κ3) is 5.92. The summed E-state index contributed by atoms with van der Waals surface area (Å²) in [5.41, 5.74) is 2.02. The number of rotatable bonds is 7. The molecule has 1 saturated carbocycles. The fourth-order valence-electron chi connectivity index (χ4n) is 4.67. The molecule has 2 fully saturated rings. The normalized spacial score (nSPS) is 18.1. The largest absolute Gasteiger partial charge is 0.493 e. The smallest absolute Gasteiger partial charge is 0.246 e. The van der Waals surface area contributed by atoms with Crippen LogP contribution in [0, 0.1) is 0 Å². The minimum absolute atomic E-state index is 0.0802. The van der Waals surface area contributed by atoms with E-state index >= 15 is 0 Å². The molecule has 2 aliphatic rings. The Bertz CT molecular complexity index is 898. The average Bonchev–Trinajstić information content (AvgIpc) is 2.87. The molecule has 170 valence electrons. The van der Waals surface area contributed by atoms with E-state index in [0.29, 0.717) is 18.1 Å². The monoisotopic (exact) mass is 434 g/mol. The van der Waals surface area contributed by atoms with Gasteiger partial charge in [-0.3, -0.25) is 9.69 Å². The van der Waals surface area contributed by atoms with Gasteiger partial charge >= 0.3 is 0 Å². The number of ether oxygens (including phenoxy) is 2. The van der Waals surface area contributed by atoms with Crippen LogP contribution in [-0.2, 0) is 11.4 Å². The Morgan fingerprint density at radius 3 is 2.44 bits per heavy atom. The molecule has 0 aromatic heterocycles. The maximum absolute atomic E-state index is 12.7. The number of hydrogen-bond acceptors (Lipinski definition) is 4. The summed E-state index contributed by atoms with van der Waals surface area (Å²) in [6.07, 6.45) is 10.3. The second-order valence-corrected chi connectivity index (χ2v) is 8.67. The predicted octanol–water partition coefficient (Wildman–Crippen LogP) is 4.76. The van der Waals surface area contributed by atoms with Crippen molar-refractivity contribution in [3.63, 3.8) is 0 Å². The van der Waals surface area contributed by atoms with Crippen LogP contribution in [0.15, 0.2) is 54.6 Å². The van der Waals surface area contributed by atoms with Crippen molar-refractivity contribution in [1.29, 1.82) is 0 Å². The molecule has 5 nitrogen and oxygen atoms in total. The Morgan fingerprint density at radius 1 is 0.969 bits per heavy atom. The number of carbonyl (C=O) groups excluding carboxylic acids is 1. The van der Waals surface area contributed by atoms with Crippen molar-refractivity contribution in [3.8, 4) is 11.5 Å². The highest BCUT2D eigenvalue weighted by atomic mass is 16.5. The van der Waals surface area contributed by atoms with Crippen LogP contribution in [0.2, 0.25) is 0 Å². The lowest BCUT2D eigenvalue weighted by Crippen LogP contribution is -2.52. The van der Waals surface area contributed by atoms with Gasteiger partial charge in [0.25, 0.3) is 0 Å². The van der Waals surface area contributed by atoms with E-state index < -0.39 is 0 Å². The van der Waals surface area contributed by atoms with Gasteiger partial charge in [0, 0.05) is 38.3 Å². The third-order valence-corrected chi connectivity index (χ3v) is 6.56. The van der Waals surface area contributed by atoms with E-state index in [2.05, 4.69) is 4.90 Å². The summed E-state index contributed by atoms with van der Waals surface area (Å²) < 4.78 is 11.4. The van der Waals surface area contributed by atoms with Gasteiger partial charge < -0.3 is 14.4 Å². The van der Waals surface area contributed by atoms with Gasteiger partial charge in [0.1, 0.15) is 6.61 Å². The van der Waals surface area contributed by atoms with Crippen LogP contribution in [-0.4, -0.2) is 55.0 Å². The van der Waals surface area contributed by atoms with Gasteiger partial charge in [-0.15, -0.1) is 0 Å². The molecule has 1 heterocycles. The van der Waals surface area contributed by atoms with Crippen molar-refractivity contribution in [2.75, 3.05) is 33.3 Å². The van der Waals surface area contributed by atoms with Gasteiger partial charge in [0.15, 0.2) is 11.5 Å². The molecule has 0 spiro atoms. The van der Waals surface area contributed by atoms with Gasteiger partial charge in [-0.25, -0.2) is 0 Å².